The van der Waals surface area contributed by atoms with Crippen LogP contribution in [-0.2, 0) is 9.84 Å². The van der Waals surface area contributed by atoms with Crippen LogP contribution in [0.1, 0.15) is 0 Å². The van der Waals surface area contributed by atoms with Crippen molar-refractivity contribution >= 4 is 21.2 Å². The van der Waals surface area contributed by atoms with Gasteiger partial charge >= 0.3 is 0 Å². The monoisotopic (exact) mass is 253 g/mol. The van der Waals surface area contributed by atoms with E-state index in [1.165, 1.54) is 6.07 Å². The van der Waals surface area contributed by atoms with Gasteiger partial charge < -0.3 is 5.73 Å². The van der Waals surface area contributed by atoms with Gasteiger partial charge in [0, 0.05) is 17.6 Å². The van der Waals surface area contributed by atoms with Crippen LogP contribution in [0.2, 0.25) is 0 Å². The normalized spacial score (nSPS) is 11.2. The molecule has 0 spiro atoms. The summed E-state index contributed by atoms with van der Waals surface area (Å²) < 4.78 is 23.2. The highest BCUT2D eigenvalue weighted by molar-refractivity contribution is 7.94. The van der Waals surface area contributed by atoms with Crippen molar-refractivity contribution in [3.8, 4) is 6.07 Å². The Kier molecular flexibility index (Phi) is 3.45. The highest BCUT2D eigenvalue weighted by atomic mass is 32.2. The van der Waals surface area contributed by atoms with Crippen LogP contribution in [-0.4, -0.2) is 13.3 Å². The van der Waals surface area contributed by atoms with Crippen LogP contribution >= 0.6 is 0 Å². The first-order valence-electron chi connectivity index (χ1n) is 4.23. The minimum absolute atomic E-state index is 0.127. The lowest BCUT2D eigenvalue weighted by Crippen LogP contribution is -2.00. The second kappa shape index (κ2) is 4.63. The highest BCUT2D eigenvalue weighted by Crippen LogP contribution is 2.25. The molecule has 0 aliphatic rings. The number of hydrogen-bond donors (Lipinski definition) is 1. The summed E-state index contributed by atoms with van der Waals surface area (Å²) in [6, 6.07) is 4.65. The molecular weight excluding hydrogens is 246 g/mol. The summed E-state index contributed by atoms with van der Waals surface area (Å²) in [5, 5.41) is 19.5. The summed E-state index contributed by atoms with van der Waals surface area (Å²) in [5.41, 5.74) is 4.71. The molecule has 0 fully saturated rings. The van der Waals surface area contributed by atoms with Gasteiger partial charge in [0.25, 0.3) is 5.69 Å². The Labute approximate surface area is 96.8 Å². The van der Waals surface area contributed by atoms with E-state index in [2.05, 4.69) is 0 Å². The third kappa shape index (κ3) is 2.79. The van der Waals surface area contributed by atoms with Crippen molar-refractivity contribution < 1.29 is 13.3 Å². The van der Waals surface area contributed by atoms with Gasteiger partial charge in [-0.15, -0.1) is 0 Å². The molecule has 8 heteroatoms. The predicted octanol–water partition coefficient (Wildman–Crippen LogP) is 0.988. The van der Waals surface area contributed by atoms with Gasteiger partial charge in [-0.25, -0.2) is 8.42 Å². The number of allylic oxidation sites excluding steroid dienone is 1. The van der Waals surface area contributed by atoms with Gasteiger partial charge in [-0.1, -0.05) is 0 Å². The van der Waals surface area contributed by atoms with Gasteiger partial charge in [0.05, 0.1) is 15.9 Å². The van der Waals surface area contributed by atoms with Crippen LogP contribution in [0.4, 0.5) is 11.4 Å². The van der Waals surface area contributed by atoms with Crippen LogP contribution in [0.3, 0.4) is 0 Å². The summed E-state index contributed by atoms with van der Waals surface area (Å²) in [5.74, 6) is 0. The molecule has 0 saturated heterocycles. The third-order valence-electron chi connectivity index (χ3n) is 1.85. The third-order valence-corrected chi connectivity index (χ3v) is 3.25. The molecule has 1 rings (SSSR count). The molecule has 0 radical (unpaired) electrons. The van der Waals surface area contributed by atoms with E-state index in [0.29, 0.717) is 5.41 Å². The molecule has 17 heavy (non-hydrogen) atoms. The Morgan fingerprint density at radius 2 is 2.12 bits per heavy atom. The summed E-state index contributed by atoms with van der Waals surface area (Å²) in [4.78, 5) is 9.51. The number of anilines is 1. The number of benzene rings is 1. The molecule has 7 nitrogen and oxygen atoms in total. The van der Waals surface area contributed by atoms with E-state index >= 15 is 0 Å². The van der Waals surface area contributed by atoms with Crippen LogP contribution < -0.4 is 5.73 Å². The fourth-order valence-corrected chi connectivity index (χ4v) is 1.99. The van der Waals surface area contributed by atoms with Crippen molar-refractivity contribution in [2.24, 2.45) is 0 Å². The van der Waals surface area contributed by atoms with Gasteiger partial charge in [-0.3, -0.25) is 10.1 Å². The van der Waals surface area contributed by atoms with Crippen molar-refractivity contribution in [3.05, 3.63) is 39.8 Å². The second-order valence-corrected chi connectivity index (χ2v) is 4.79. The molecule has 0 bridgehead atoms. The topological polar surface area (TPSA) is 127 Å². The van der Waals surface area contributed by atoms with Crippen LogP contribution in [0, 0.1) is 21.4 Å². The SMILES string of the molecule is N#CC=CS(=O)(=O)c1ccc(N)c([N+](=O)[O-])c1. The lowest BCUT2D eigenvalue weighted by atomic mass is 10.3. The lowest BCUT2D eigenvalue weighted by molar-refractivity contribution is -0.384. The fourth-order valence-electron chi connectivity index (χ4n) is 1.06. The quantitative estimate of drug-likeness (QED) is 0.370. The maximum atomic E-state index is 11.6. The minimum atomic E-state index is -3.86. The maximum absolute atomic E-state index is 11.6. The number of hydrogen-bond acceptors (Lipinski definition) is 6. The van der Waals surface area contributed by atoms with Crippen LogP contribution in [0.25, 0.3) is 0 Å². The number of nitro benzene ring substituents is 1. The Morgan fingerprint density at radius 3 is 2.65 bits per heavy atom. The molecule has 0 unspecified atom stereocenters. The molecule has 0 aromatic heterocycles. The van der Waals surface area contributed by atoms with E-state index < -0.39 is 20.4 Å². The minimum Gasteiger partial charge on any atom is -0.393 e. The molecule has 88 valence electrons. The zero-order chi connectivity index (χ0) is 13.1. The van der Waals surface area contributed by atoms with Gasteiger partial charge in [-0.05, 0) is 12.1 Å². The first kappa shape index (κ1) is 12.7. The number of nitriles is 1. The van der Waals surface area contributed by atoms with E-state index in [4.69, 9.17) is 11.0 Å². The molecule has 0 aliphatic carbocycles. The number of sulfone groups is 1. The zero-order valence-corrected chi connectivity index (χ0v) is 9.22. The zero-order valence-electron chi connectivity index (χ0n) is 8.40. The molecule has 2 N–H and O–H groups in total. The summed E-state index contributed by atoms with van der Waals surface area (Å²) >= 11 is 0. The Morgan fingerprint density at radius 1 is 1.47 bits per heavy atom. The van der Waals surface area contributed by atoms with E-state index in [-0.39, 0.29) is 10.6 Å². The first-order valence-corrected chi connectivity index (χ1v) is 5.78. The standard InChI is InChI=1S/C9H7N3O4S/c10-4-1-5-17(15,16)7-2-3-8(11)9(6-7)12(13)14/h1-3,5-6H,11H2. The first-order chi connectivity index (χ1) is 7.88. The van der Waals surface area contributed by atoms with Gasteiger partial charge in [0.2, 0.25) is 9.84 Å². The Balaban J connectivity index is 3.36. The molecule has 0 saturated carbocycles. The number of nitro groups is 1. The van der Waals surface area contributed by atoms with E-state index in [1.807, 2.05) is 0 Å². The number of nitrogens with zero attached hydrogens (tertiary/aromatic N) is 2. The molecule has 0 amide bonds. The molecule has 0 aliphatic heterocycles. The number of rotatable bonds is 3. The predicted molar refractivity (Wildman–Crippen MR) is 59.4 cm³/mol. The Bertz CT molecular complexity index is 628. The molecule has 1 aromatic rings. The van der Waals surface area contributed by atoms with Gasteiger partial charge in [0.1, 0.15) is 5.69 Å². The van der Waals surface area contributed by atoms with Crippen LogP contribution in [0.15, 0.2) is 34.6 Å². The smallest absolute Gasteiger partial charge is 0.293 e. The second-order valence-electron chi connectivity index (χ2n) is 2.95. The van der Waals surface area contributed by atoms with Gasteiger partial charge in [0.15, 0.2) is 0 Å². The van der Waals surface area contributed by atoms with E-state index in [0.717, 1.165) is 24.3 Å². The van der Waals surface area contributed by atoms with E-state index in [1.54, 1.807) is 0 Å². The average molecular weight is 253 g/mol. The van der Waals surface area contributed by atoms with E-state index in [9.17, 15) is 18.5 Å². The van der Waals surface area contributed by atoms with Crippen molar-refractivity contribution in [2.45, 2.75) is 4.90 Å². The highest BCUT2D eigenvalue weighted by Gasteiger charge is 2.18. The van der Waals surface area contributed by atoms with Crippen LogP contribution in [0.5, 0.6) is 0 Å². The summed E-state index contributed by atoms with van der Waals surface area (Å²) in [6.45, 7) is 0. The maximum Gasteiger partial charge on any atom is 0.293 e. The molecule has 0 heterocycles. The number of nitrogens with two attached hydrogens (primary N) is 1. The van der Waals surface area contributed by atoms with Crippen molar-refractivity contribution in [1.82, 2.24) is 0 Å². The van der Waals surface area contributed by atoms with Gasteiger partial charge in [-0.2, -0.15) is 5.26 Å². The fraction of sp³-hybridized carbons (Fsp3) is 0. The van der Waals surface area contributed by atoms with Crippen molar-refractivity contribution in [1.29, 1.82) is 5.26 Å². The lowest BCUT2D eigenvalue weighted by Gasteiger charge is -2.00. The van der Waals surface area contributed by atoms with Crippen molar-refractivity contribution in [3.63, 3.8) is 0 Å². The summed E-state index contributed by atoms with van der Waals surface area (Å²) in [7, 11) is -3.86. The van der Waals surface area contributed by atoms with Crippen molar-refractivity contribution in [2.75, 3.05) is 5.73 Å². The molecular formula is C9H7N3O4S. The summed E-state index contributed by atoms with van der Waals surface area (Å²) in [6.07, 6.45) is 0.775. The molecule has 1 aromatic carbocycles. The Hall–Kier alpha value is -2.40. The largest absolute Gasteiger partial charge is 0.393 e. The molecule has 0 atom stereocenters. The average Bonchev–Trinajstić information content (AvgIpc) is 2.26. The number of nitrogen functional groups attached to an aromatic ring is 1.